The Bertz CT molecular complexity index is 767. The minimum atomic E-state index is -0.262. The number of nitrogens with zero attached hydrogens (tertiary/aromatic N) is 2. The molecule has 0 fully saturated rings. The summed E-state index contributed by atoms with van der Waals surface area (Å²) in [5.41, 5.74) is 2.75. The van der Waals surface area contributed by atoms with Crippen molar-refractivity contribution in [3.63, 3.8) is 0 Å². The quantitative estimate of drug-likeness (QED) is 0.782. The lowest BCUT2D eigenvalue weighted by Crippen LogP contribution is -2.02. The molecule has 0 spiro atoms. The van der Waals surface area contributed by atoms with Gasteiger partial charge in [0.15, 0.2) is 0 Å². The van der Waals surface area contributed by atoms with Crippen LogP contribution in [0.1, 0.15) is 5.69 Å². The largest absolute Gasteiger partial charge is 0.378 e. The maximum atomic E-state index is 13.2. The van der Waals surface area contributed by atoms with Crippen molar-refractivity contribution >= 4 is 32.5 Å². The molecule has 0 aliphatic rings. The van der Waals surface area contributed by atoms with Crippen molar-refractivity contribution in [1.82, 2.24) is 9.78 Å². The summed E-state index contributed by atoms with van der Waals surface area (Å²) < 4.78 is 15.9. The number of halogens is 2. The topological polar surface area (TPSA) is 29.9 Å². The zero-order chi connectivity index (χ0) is 14.1. The van der Waals surface area contributed by atoms with Gasteiger partial charge in [0.05, 0.1) is 23.4 Å². The Morgan fingerprint density at radius 2 is 2.05 bits per heavy atom. The number of nitrogens with one attached hydrogen (secondary N) is 1. The molecule has 0 bridgehead atoms. The number of hydrogen-bond donors (Lipinski definition) is 1. The van der Waals surface area contributed by atoms with Crippen LogP contribution in [0.5, 0.6) is 0 Å². The Hall–Kier alpha value is -1.88. The molecule has 0 atom stereocenters. The number of aryl methyl sites for hydroxylation is 1. The standard InChI is InChI=1S/C15H13BrFN3/c1-20-15-5-3-2-4-11(15)14(19-20)9-18-13-8-10(17)6-7-12(13)16/h2-8,18H,9H2,1H3. The number of rotatable bonds is 3. The van der Waals surface area contributed by atoms with Crippen LogP contribution in [0.25, 0.3) is 10.9 Å². The van der Waals surface area contributed by atoms with E-state index in [2.05, 4.69) is 26.3 Å². The molecular weight excluding hydrogens is 321 g/mol. The Morgan fingerprint density at radius 1 is 1.25 bits per heavy atom. The molecular formula is C15H13BrFN3. The molecule has 0 aliphatic heterocycles. The van der Waals surface area contributed by atoms with Gasteiger partial charge in [-0.1, -0.05) is 18.2 Å². The fraction of sp³-hybridized carbons (Fsp3) is 0.133. The normalized spacial score (nSPS) is 10.9. The number of benzene rings is 2. The molecule has 2 aromatic carbocycles. The van der Waals surface area contributed by atoms with Gasteiger partial charge in [-0.05, 0) is 40.2 Å². The van der Waals surface area contributed by atoms with Crippen LogP contribution in [0.3, 0.4) is 0 Å². The van der Waals surface area contributed by atoms with Crippen LogP contribution in [0.4, 0.5) is 10.1 Å². The first-order chi connectivity index (χ1) is 9.65. The van der Waals surface area contributed by atoms with Crippen LogP contribution in [-0.4, -0.2) is 9.78 Å². The predicted octanol–water partition coefficient (Wildman–Crippen LogP) is 4.09. The van der Waals surface area contributed by atoms with Crippen molar-refractivity contribution in [3.05, 3.63) is 58.4 Å². The van der Waals surface area contributed by atoms with Gasteiger partial charge in [0.25, 0.3) is 0 Å². The Labute approximate surface area is 124 Å². The van der Waals surface area contributed by atoms with Crippen molar-refractivity contribution in [2.45, 2.75) is 6.54 Å². The van der Waals surface area contributed by atoms with Gasteiger partial charge in [-0.25, -0.2) is 4.39 Å². The van der Waals surface area contributed by atoms with Crippen LogP contribution < -0.4 is 5.32 Å². The van der Waals surface area contributed by atoms with Gasteiger partial charge in [0.2, 0.25) is 0 Å². The van der Waals surface area contributed by atoms with E-state index in [9.17, 15) is 4.39 Å². The van der Waals surface area contributed by atoms with Gasteiger partial charge in [0, 0.05) is 16.9 Å². The maximum Gasteiger partial charge on any atom is 0.125 e. The lowest BCUT2D eigenvalue weighted by molar-refractivity contribution is 0.628. The lowest BCUT2D eigenvalue weighted by Gasteiger charge is -2.07. The summed E-state index contributed by atoms with van der Waals surface area (Å²) >= 11 is 3.40. The van der Waals surface area contributed by atoms with E-state index >= 15 is 0 Å². The molecule has 1 N–H and O–H groups in total. The van der Waals surface area contributed by atoms with Crippen molar-refractivity contribution in [2.24, 2.45) is 7.05 Å². The van der Waals surface area contributed by atoms with Gasteiger partial charge < -0.3 is 5.32 Å². The van der Waals surface area contributed by atoms with Crippen LogP contribution >= 0.6 is 15.9 Å². The smallest absolute Gasteiger partial charge is 0.125 e. The highest BCUT2D eigenvalue weighted by atomic mass is 79.9. The van der Waals surface area contributed by atoms with E-state index in [1.165, 1.54) is 12.1 Å². The third kappa shape index (κ3) is 2.41. The SMILES string of the molecule is Cn1nc(CNc2cc(F)ccc2Br)c2ccccc21. The second kappa shape index (κ2) is 5.25. The van der Waals surface area contributed by atoms with Crippen LogP contribution in [-0.2, 0) is 13.6 Å². The average Bonchev–Trinajstić information content (AvgIpc) is 2.77. The summed E-state index contributed by atoms with van der Waals surface area (Å²) in [7, 11) is 1.92. The first-order valence-corrected chi connectivity index (χ1v) is 7.04. The molecule has 0 saturated heterocycles. The summed E-state index contributed by atoms with van der Waals surface area (Å²) in [6.07, 6.45) is 0. The molecule has 0 unspecified atom stereocenters. The molecule has 3 nitrogen and oxygen atoms in total. The minimum Gasteiger partial charge on any atom is -0.378 e. The molecule has 20 heavy (non-hydrogen) atoms. The Morgan fingerprint density at radius 3 is 2.90 bits per heavy atom. The number of hydrogen-bond acceptors (Lipinski definition) is 2. The highest BCUT2D eigenvalue weighted by molar-refractivity contribution is 9.10. The lowest BCUT2D eigenvalue weighted by atomic mass is 10.2. The number of anilines is 1. The molecule has 0 aliphatic carbocycles. The molecule has 0 saturated carbocycles. The highest BCUT2D eigenvalue weighted by Gasteiger charge is 2.08. The average molecular weight is 334 g/mol. The number of para-hydroxylation sites is 1. The van der Waals surface area contributed by atoms with E-state index in [1.54, 1.807) is 6.07 Å². The zero-order valence-electron chi connectivity index (χ0n) is 10.9. The van der Waals surface area contributed by atoms with Crippen molar-refractivity contribution in [1.29, 1.82) is 0 Å². The van der Waals surface area contributed by atoms with E-state index in [-0.39, 0.29) is 5.82 Å². The molecule has 5 heteroatoms. The second-order valence-corrected chi connectivity index (χ2v) is 5.42. The number of aromatic nitrogens is 2. The predicted molar refractivity (Wildman–Crippen MR) is 82.1 cm³/mol. The van der Waals surface area contributed by atoms with Crippen LogP contribution in [0.15, 0.2) is 46.9 Å². The van der Waals surface area contributed by atoms with Gasteiger partial charge in [-0.3, -0.25) is 4.68 Å². The Kier molecular flexibility index (Phi) is 3.44. The molecule has 1 aromatic heterocycles. The third-order valence-electron chi connectivity index (χ3n) is 3.21. The van der Waals surface area contributed by atoms with E-state index < -0.39 is 0 Å². The van der Waals surface area contributed by atoms with Crippen LogP contribution in [0.2, 0.25) is 0 Å². The second-order valence-electron chi connectivity index (χ2n) is 4.57. The molecule has 1 heterocycles. The summed E-state index contributed by atoms with van der Waals surface area (Å²) in [6, 6.07) is 12.6. The molecule has 3 aromatic rings. The zero-order valence-corrected chi connectivity index (χ0v) is 12.5. The van der Waals surface area contributed by atoms with Crippen molar-refractivity contribution in [2.75, 3.05) is 5.32 Å². The van der Waals surface area contributed by atoms with Crippen molar-refractivity contribution in [3.8, 4) is 0 Å². The van der Waals surface area contributed by atoms with Gasteiger partial charge in [0.1, 0.15) is 5.82 Å². The van der Waals surface area contributed by atoms with Crippen LogP contribution in [0, 0.1) is 5.82 Å². The summed E-state index contributed by atoms with van der Waals surface area (Å²) in [6.45, 7) is 0.545. The summed E-state index contributed by atoms with van der Waals surface area (Å²) in [5, 5.41) is 8.82. The summed E-state index contributed by atoms with van der Waals surface area (Å²) in [5.74, 6) is -0.262. The maximum absolute atomic E-state index is 13.2. The number of fused-ring (bicyclic) bond motifs is 1. The van der Waals surface area contributed by atoms with Crippen molar-refractivity contribution < 1.29 is 4.39 Å². The first-order valence-electron chi connectivity index (χ1n) is 6.24. The highest BCUT2D eigenvalue weighted by Crippen LogP contribution is 2.24. The fourth-order valence-electron chi connectivity index (χ4n) is 2.23. The first kappa shape index (κ1) is 13.1. The van der Waals surface area contributed by atoms with E-state index in [0.717, 1.165) is 26.8 Å². The van der Waals surface area contributed by atoms with Gasteiger partial charge >= 0.3 is 0 Å². The molecule has 102 valence electrons. The Balaban J connectivity index is 1.89. The van der Waals surface area contributed by atoms with E-state index in [1.807, 2.05) is 36.0 Å². The molecule has 3 rings (SSSR count). The molecule has 0 amide bonds. The van der Waals surface area contributed by atoms with Gasteiger partial charge in [-0.15, -0.1) is 0 Å². The fourth-order valence-corrected chi connectivity index (χ4v) is 2.62. The van der Waals surface area contributed by atoms with Gasteiger partial charge in [-0.2, -0.15) is 5.10 Å². The minimum absolute atomic E-state index is 0.262. The third-order valence-corrected chi connectivity index (χ3v) is 3.90. The summed E-state index contributed by atoms with van der Waals surface area (Å²) in [4.78, 5) is 0. The molecule has 0 radical (unpaired) electrons. The van der Waals surface area contributed by atoms with E-state index in [0.29, 0.717) is 6.54 Å². The monoisotopic (exact) mass is 333 g/mol. The van der Waals surface area contributed by atoms with E-state index in [4.69, 9.17) is 0 Å².